The van der Waals surface area contributed by atoms with Gasteiger partial charge in [0.15, 0.2) is 5.82 Å². The first-order valence-electron chi connectivity index (χ1n) is 4.80. The number of hydrogen-bond acceptors (Lipinski definition) is 3. The lowest BCUT2D eigenvalue weighted by atomic mass is 10.2. The van der Waals surface area contributed by atoms with E-state index < -0.39 is 11.7 Å². The summed E-state index contributed by atoms with van der Waals surface area (Å²) in [7, 11) is 0. The Kier molecular flexibility index (Phi) is 3.74. The minimum atomic E-state index is -0.713. The Morgan fingerprint density at radius 2 is 2.06 bits per heavy atom. The van der Waals surface area contributed by atoms with Crippen molar-refractivity contribution in [3.8, 4) is 0 Å². The molecule has 1 heterocycles. The maximum atomic E-state index is 13.5. The lowest BCUT2D eigenvalue weighted by molar-refractivity contribution is 0.102. The van der Waals surface area contributed by atoms with Crippen LogP contribution in [-0.4, -0.2) is 15.9 Å². The summed E-state index contributed by atoms with van der Waals surface area (Å²) in [5, 5.41) is 2.72. The van der Waals surface area contributed by atoms with Crippen LogP contribution in [0, 0.1) is 5.82 Å². The van der Waals surface area contributed by atoms with E-state index in [0.29, 0.717) is 0 Å². The van der Waals surface area contributed by atoms with E-state index in [1.807, 2.05) is 0 Å². The molecule has 1 amide bonds. The fourth-order valence-electron chi connectivity index (χ4n) is 1.26. The Labute approximate surface area is 112 Å². The second kappa shape index (κ2) is 5.29. The SMILES string of the molecule is O=C(Nc1cncc(Cl)n1)c1ccc(Cl)cc1F. The highest BCUT2D eigenvalue weighted by Crippen LogP contribution is 2.16. The molecular formula is C11H6Cl2FN3O. The molecule has 18 heavy (non-hydrogen) atoms. The molecule has 0 aliphatic rings. The molecule has 1 aromatic carbocycles. The topological polar surface area (TPSA) is 54.9 Å². The highest BCUT2D eigenvalue weighted by molar-refractivity contribution is 6.30. The molecule has 0 atom stereocenters. The van der Waals surface area contributed by atoms with E-state index in [1.165, 1.54) is 24.5 Å². The molecule has 2 rings (SSSR count). The number of hydrogen-bond donors (Lipinski definition) is 1. The van der Waals surface area contributed by atoms with Gasteiger partial charge in [0.25, 0.3) is 5.91 Å². The molecule has 1 aromatic heterocycles. The first-order chi connectivity index (χ1) is 8.56. The largest absolute Gasteiger partial charge is 0.305 e. The van der Waals surface area contributed by atoms with Crippen LogP contribution in [-0.2, 0) is 0 Å². The van der Waals surface area contributed by atoms with Gasteiger partial charge in [0.2, 0.25) is 0 Å². The van der Waals surface area contributed by atoms with Gasteiger partial charge in [-0.25, -0.2) is 9.37 Å². The van der Waals surface area contributed by atoms with Gasteiger partial charge in [-0.15, -0.1) is 0 Å². The van der Waals surface area contributed by atoms with Crippen molar-refractivity contribution in [2.75, 3.05) is 5.32 Å². The van der Waals surface area contributed by atoms with Gasteiger partial charge in [0.1, 0.15) is 11.0 Å². The van der Waals surface area contributed by atoms with Crippen LogP contribution in [0.1, 0.15) is 10.4 Å². The molecule has 7 heteroatoms. The zero-order chi connectivity index (χ0) is 13.1. The molecule has 0 aliphatic carbocycles. The standard InChI is InChI=1S/C11H6Cl2FN3O/c12-6-1-2-7(8(14)3-6)11(18)17-10-5-15-4-9(13)16-10/h1-5H,(H,16,17,18). The summed E-state index contributed by atoms with van der Waals surface area (Å²) in [6.07, 6.45) is 2.62. The van der Waals surface area contributed by atoms with E-state index in [0.717, 1.165) is 6.07 Å². The van der Waals surface area contributed by atoms with E-state index in [1.54, 1.807) is 0 Å². The molecule has 0 spiro atoms. The minimum absolute atomic E-state index is 0.129. The van der Waals surface area contributed by atoms with Crippen molar-refractivity contribution in [2.24, 2.45) is 0 Å². The minimum Gasteiger partial charge on any atom is -0.305 e. The highest BCUT2D eigenvalue weighted by Gasteiger charge is 2.12. The molecule has 4 nitrogen and oxygen atoms in total. The fourth-order valence-corrected chi connectivity index (χ4v) is 1.57. The van der Waals surface area contributed by atoms with Gasteiger partial charge in [-0.3, -0.25) is 9.78 Å². The van der Waals surface area contributed by atoms with Gasteiger partial charge in [-0.05, 0) is 18.2 Å². The molecule has 0 saturated heterocycles. The van der Waals surface area contributed by atoms with Gasteiger partial charge >= 0.3 is 0 Å². The Hall–Kier alpha value is -1.72. The summed E-state index contributed by atoms with van der Waals surface area (Å²) in [6.45, 7) is 0. The molecule has 0 aliphatic heterocycles. The van der Waals surface area contributed by atoms with Gasteiger partial charge in [-0.2, -0.15) is 0 Å². The first kappa shape index (κ1) is 12.7. The second-order valence-electron chi connectivity index (χ2n) is 3.31. The Morgan fingerprint density at radius 3 is 2.72 bits per heavy atom. The van der Waals surface area contributed by atoms with Gasteiger partial charge in [0.05, 0.1) is 18.0 Å². The Morgan fingerprint density at radius 1 is 1.28 bits per heavy atom. The average Bonchev–Trinajstić information content (AvgIpc) is 2.28. The number of rotatable bonds is 2. The predicted molar refractivity (Wildman–Crippen MR) is 66.4 cm³/mol. The van der Waals surface area contributed by atoms with Crippen LogP contribution in [0.15, 0.2) is 30.6 Å². The number of carbonyl (C=O) groups excluding carboxylic acids is 1. The van der Waals surface area contributed by atoms with Crippen molar-refractivity contribution in [1.82, 2.24) is 9.97 Å². The molecule has 0 bridgehead atoms. The van der Waals surface area contributed by atoms with Crippen molar-refractivity contribution in [3.05, 3.63) is 52.1 Å². The molecule has 92 valence electrons. The van der Waals surface area contributed by atoms with Crippen LogP contribution in [0.2, 0.25) is 10.2 Å². The molecule has 0 unspecified atom stereocenters. The summed E-state index contributed by atoms with van der Waals surface area (Å²) in [5.74, 6) is -1.22. The van der Waals surface area contributed by atoms with Crippen molar-refractivity contribution < 1.29 is 9.18 Å². The van der Waals surface area contributed by atoms with E-state index in [9.17, 15) is 9.18 Å². The number of benzene rings is 1. The summed E-state index contributed by atoms with van der Waals surface area (Å²) < 4.78 is 13.5. The second-order valence-corrected chi connectivity index (χ2v) is 4.13. The van der Waals surface area contributed by atoms with E-state index in [2.05, 4.69) is 15.3 Å². The van der Waals surface area contributed by atoms with E-state index >= 15 is 0 Å². The molecule has 1 N–H and O–H groups in total. The van der Waals surface area contributed by atoms with Crippen LogP contribution < -0.4 is 5.32 Å². The summed E-state index contributed by atoms with van der Waals surface area (Å²) in [5.41, 5.74) is -0.138. The number of nitrogens with zero attached hydrogens (tertiary/aromatic N) is 2. The molecule has 0 fully saturated rings. The Balaban J connectivity index is 2.22. The smallest absolute Gasteiger partial charge is 0.259 e. The van der Waals surface area contributed by atoms with Crippen LogP contribution in [0.3, 0.4) is 0 Å². The van der Waals surface area contributed by atoms with Gasteiger partial charge < -0.3 is 5.32 Å². The van der Waals surface area contributed by atoms with E-state index in [4.69, 9.17) is 23.2 Å². The van der Waals surface area contributed by atoms with Crippen molar-refractivity contribution in [1.29, 1.82) is 0 Å². The first-order valence-corrected chi connectivity index (χ1v) is 5.56. The van der Waals surface area contributed by atoms with Crippen LogP contribution in [0.5, 0.6) is 0 Å². The van der Waals surface area contributed by atoms with Crippen LogP contribution >= 0.6 is 23.2 Å². The summed E-state index contributed by atoms with van der Waals surface area (Å²) in [6, 6.07) is 3.76. The molecular weight excluding hydrogens is 280 g/mol. The highest BCUT2D eigenvalue weighted by atomic mass is 35.5. The third-order valence-electron chi connectivity index (χ3n) is 2.02. The van der Waals surface area contributed by atoms with Crippen LogP contribution in [0.4, 0.5) is 10.2 Å². The molecule has 0 radical (unpaired) electrons. The van der Waals surface area contributed by atoms with Crippen molar-refractivity contribution in [3.63, 3.8) is 0 Å². The summed E-state index contributed by atoms with van der Waals surface area (Å²) >= 11 is 11.2. The van der Waals surface area contributed by atoms with E-state index in [-0.39, 0.29) is 21.6 Å². The monoisotopic (exact) mass is 285 g/mol. The van der Waals surface area contributed by atoms with Crippen LogP contribution in [0.25, 0.3) is 0 Å². The zero-order valence-corrected chi connectivity index (χ0v) is 10.3. The number of carbonyl (C=O) groups is 1. The Bertz CT molecular complexity index is 607. The maximum absolute atomic E-state index is 13.5. The lowest BCUT2D eigenvalue weighted by Crippen LogP contribution is -2.14. The van der Waals surface area contributed by atoms with Gasteiger partial charge in [0, 0.05) is 5.02 Å². The third-order valence-corrected chi connectivity index (χ3v) is 2.44. The summed E-state index contributed by atoms with van der Waals surface area (Å²) in [4.78, 5) is 19.3. The quantitative estimate of drug-likeness (QED) is 0.922. The molecule has 0 saturated carbocycles. The maximum Gasteiger partial charge on any atom is 0.259 e. The fraction of sp³-hybridized carbons (Fsp3) is 0. The average molecular weight is 286 g/mol. The predicted octanol–water partition coefficient (Wildman–Crippen LogP) is 3.17. The van der Waals surface area contributed by atoms with Crippen molar-refractivity contribution >= 4 is 34.9 Å². The number of amides is 1. The van der Waals surface area contributed by atoms with Gasteiger partial charge in [-0.1, -0.05) is 23.2 Å². The number of aromatic nitrogens is 2. The lowest BCUT2D eigenvalue weighted by Gasteiger charge is -2.05. The van der Waals surface area contributed by atoms with Crippen molar-refractivity contribution in [2.45, 2.75) is 0 Å². The normalized spacial score (nSPS) is 10.2. The number of anilines is 1. The third kappa shape index (κ3) is 2.94. The zero-order valence-electron chi connectivity index (χ0n) is 8.82. The molecule has 2 aromatic rings. The number of halogens is 3. The number of nitrogens with one attached hydrogen (secondary N) is 1.